The molecule has 0 aliphatic carbocycles. The highest BCUT2D eigenvalue weighted by atomic mass is 16.5. The van der Waals surface area contributed by atoms with Crippen LogP contribution in [0.4, 0.5) is 5.69 Å². The number of nitrogens with zero attached hydrogens (tertiary/aromatic N) is 1. The van der Waals surface area contributed by atoms with Crippen LogP contribution in [-0.2, 0) is 4.79 Å². The van der Waals surface area contributed by atoms with E-state index in [0.29, 0.717) is 18.7 Å². The highest BCUT2D eigenvalue weighted by Crippen LogP contribution is 2.38. The van der Waals surface area contributed by atoms with E-state index in [2.05, 4.69) is 0 Å². The molecule has 1 aliphatic rings. The van der Waals surface area contributed by atoms with Gasteiger partial charge in [-0.25, -0.2) is 0 Å². The SMILES string of the molecule is COc1ccc2c(c1)C(O)CCN2C(=O)C(c1ccccc1)c1ccccc1. The van der Waals surface area contributed by atoms with Gasteiger partial charge in [-0.05, 0) is 35.7 Å². The fourth-order valence-electron chi connectivity index (χ4n) is 3.85. The lowest BCUT2D eigenvalue weighted by Gasteiger charge is -2.35. The Hall–Kier alpha value is -3.11. The van der Waals surface area contributed by atoms with Gasteiger partial charge in [-0.3, -0.25) is 4.79 Å². The Morgan fingerprint density at radius 1 is 1.00 bits per heavy atom. The van der Waals surface area contributed by atoms with Crippen LogP contribution in [0, 0.1) is 0 Å². The minimum atomic E-state index is -0.596. The second kappa shape index (κ2) is 7.87. The minimum Gasteiger partial charge on any atom is -0.497 e. The fraction of sp³-hybridized carbons (Fsp3) is 0.208. The van der Waals surface area contributed by atoms with Crippen molar-refractivity contribution in [1.29, 1.82) is 0 Å². The molecule has 0 bridgehead atoms. The van der Waals surface area contributed by atoms with E-state index in [0.717, 1.165) is 22.4 Å². The predicted octanol–water partition coefficient (Wildman–Crippen LogP) is 4.30. The number of amides is 1. The van der Waals surface area contributed by atoms with Gasteiger partial charge >= 0.3 is 0 Å². The zero-order valence-electron chi connectivity index (χ0n) is 15.8. The number of aliphatic hydroxyl groups is 1. The zero-order chi connectivity index (χ0) is 19.5. The maximum Gasteiger partial charge on any atom is 0.238 e. The number of aliphatic hydroxyl groups excluding tert-OH is 1. The van der Waals surface area contributed by atoms with Gasteiger partial charge < -0.3 is 14.7 Å². The lowest BCUT2D eigenvalue weighted by molar-refractivity contribution is -0.119. The third-order valence-corrected chi connectivity index (χ3v) is 5.29. The molecule has 1 unspecified atom stereocenters. The Balaban J connectivity index is 1.77. The maximum absolute atomic E-state index is 13.7. The molecule has 3 aromatic carbocycles. The summed E-state index contributed by atoms with van der Waals surface area (Å²) >= 11 is 0. The summed E-state index contributed by atoms with van der Waals surface area (Å²) in [5, 5.41) is 10.5. The first kappa shape index (κ1) is 18.3. The van der Waals surface area contributed by atoms with Gasteiger partial charge in [0, 0.05) is 17.8 Å². The van der Waals surface area contributed by atoms with Crippen molar-refractivity contribution in [2.24, 2.45) is 0 Å². The van der Waals surface area contributed by atoms with Crippen molar-refractivity contribution in [3.05, 3.63) is 95.6 Å². The Kier molecular flexibility index (Phi) is 5.13. The van der Waals surface area contributed by atoms with E-state index < -0.39 is 12.0 Å². The molecule has 1 aliphatic heterocycles. The van der Waals surface area contributed by atoms with Crippen molar-refractivity contribution in [2.45, 2.75) is 18.4 Å². The molecule has 0 radical (unpaired) electrons. The smallest absolute Gasteiger partial charge is 0.238 e. The number of carbonyl (C=O) groups excluding carboxylic acids is 1. The average Bonchev–Trinajstić information content (AvgIpc) is 2.75. The number of anilines is 1. The molecule has 4 heteroatoms. The normalized spacial score (nSPS) is 16.0. The second-order valence-corrected chi connectivity index (χ2v) is 6.97. The first-order valence-corrected chi connectivity index (χ1v) is 9.46. The Morgan fingerprint density at radius 3 is 2.18 bits per heavy atom. The monoisotopic (exact) mass is 373 g/mol. The number of benzene rings is 3. The molecule has 0 spiro atoms. The van der Waals surface area contributed by atoms with Crippen LogP contribution in [0.25, 0.3) is 0 Å². The van der Waals surface area contributed by atoms with Gasteiger partial charge in [0.25, 0.3) is 0 Å². The molecule has 0 saturated heterocycles. The molecular weight excluding hydrogens is 350 g/mol. The molecule has 1 heterocycles. The highest BCUT2D eigenvalue weighted by molar-refractivity contribution is 6.01. The van der Waals surface area contributed by atoms with Crippen molar-refractivity contribution in [1.82, 2.24) is 0 Å². The third-order valence-electron chi connectivity index (χ3n) is 5.29. The van der Waals surface area contributed by atoms with Crippen LogP contribution in [0.1, 0.15) is 35.1 Å². The van der Waals surface area contributed by atoms with Crippen molar-refractivity contribution in [3.8, 4) is 5.75 Å². The first-order chi connectivity index (χ1) is 13.7. The fourth-order valence-corrected chi connectivity index (χ4v) is 3.85. The van der Waals surface area contributed by atoms with E-state index >= 15 is 0 Å². The van der Waals surface area contributed by atoms with E-state index in [1.54, 1.807) is 12.0 Å². The van der Waals surface area contributed by atoms with Crippen LogP contribution >= 0.6 is 0 Å². The molecule has 142 valence electrons. The molecule has 0 aromatic heterocycles. The summed E-state index contributed by atoms with van der Waals surface area (Å²) in [4.78, 5) is 15.5. The molecule has 4 rings (SSSR count). The Morgan fingerprint density at radius 2 is 1.61 bits per heavy atom. The topological polar surface area (TPSA) is 49.8 Å². The molecular formula is C24H23NO3. The molecule has 1 amide bonds. The van der Waals surface area contributed by atoms with Crippen LogP contribution in [0.5, 0.6) is 5.75 Å². The van der Waals surface area contributed by atoms with Crippen LogP contribution in [0.15, 0.2) is 78.9 Å². The summed E-state index contributed by atoms with van der Waals surface area (Å²) < 4.78 is 5.30. The van der Waals surface area contributed by atoms with E-state index in [9.17, 15) is 9.90 Å². The Labute approximate surface area is 165 Å². The summed E-state index contributed by atoms with van der Waals surface area (Å²) in [6.45, 7) is 0.482. The second-order valence-electron chi connectivity index (χ2n) is 6.97. The van der Waals surface area contributed by atoms with Gasteiger partial charge in [0.1, 0.15) is 5.75 Å². The molecule has 1 N–H and O–H groups in total. The van der Waals surface area contributed by atoms with Crippen molar-refractivity contribution in [2.75, 3.05) is 18.6 Å². The van der Waals surface area contributed by atoms with Crippen LogP contribution in [-0.4, -0.2) is 24.7 Å². The summed E-state index contributed by atoms with van der Waals surface area (Å²) in [7, 11) is 1.60. The van der Waals surface area contributed by atoms with Crippen LogP contribution in [0.2, 0.25) is 0 Å². The number of hydrogen-bond acceptors (Lipinski definition) is 3. The van der Waals surface area contributed by atoms with Gasteiger partial charge in [0.05, 0.1) is 19.1 Å². The summed E-state index contributed by atoms with van der Waals surface area (Å²) in [6.07, 6.45) is -0.0941. The maximum atomic E-state index is 13.7. The molecule has 0 saturated carbocycles. The average molecular weight is 373 g/mol. The van der Waals surface area contributed by atoms with Crippen LogP contribution in [0.3, 0.4) is 0 Å². The van der Waals surface area contributed by atoms with E-state index in [4.69, 9.17) is 4.74 Å². The number of ether oxygens (including phenoxy) is 1. The Bertz CT molecular complexity index is 917. The van der Waals surface area contributed by atoms with Gasteiger partial charge in [-0.1, -0.05) is 60.7 Å². The van der Waals surface area contributed by atoms with Gasteiger partial charge in [-0.15, -0.1) is 0 Å². The number of fused-ring (bicyclic) bond motifs is 1. The highest BCUT2D eigenvalue weighted by Gasteiger charge is 2.33. The van der Waals surface area contributed by atoms with Crippen molar-refractivity contribution < 1.29 is 14.6 Å². The van der Waals surface area contributed by atoms with Gasteiger partial charge in [0.15, 0.2) is 0 Å². The first-order valence-electron chi connectivity index (χ1n) is 9.46. The van der Waals surface area contributed by atoms with E-state index in [-0.39, 0.29) is 5.91 Å². The van der Waals surface area contributed by atoms with Crippen LogP contribution < -0.4 is 9.64 Å². The summed E-state index contributed by atoms with van der Waals surface area (Å²) in [5.74, 6) is 0.290. The molecule has 3 aromatic rings. The summed E-state index contributed by atoms with van der Waals surface area (Å²) in [6, 6.07) is 25.2. The van der Waals surface area contributed by atoms with Crippen molar-refractivity contribution in [3.63, 3.8) is 0 Å². The van der Waals surface area contributed by atoms with Crippen molar-refractivity contribution >= 4 is 11.6 Å². The van der Waals surface area contributed by atoms with Gasteiger partial charge in [0.2, 0.25) is 5.91 Å². The lowest BCUT2D eigenvalue weighted by Crippen LogP contribution is -2.40. The van der Waals surface area contributed by atoms with E-state index in [1.165, 1.54) is 0 Å². The molecule has 28 heavy (non-hydrogen) atoms. The minimum absolute atomic E-state index is 0.00992. The third kappa shape index (κ3) is 3.39. The largest absolute Gasteiger partial charge is 0.497 e. The molecule has 0 fully saturated rings. The van der Waals surface area contributed by atoms with E-state index in [1.807, 2.05) is 78.9 Å². The number of methoxy groups -OCH3 is 1. The standard InChI is InChI=1S/C24H23NO3/c1-28-19-12-13-21-20(16-19)22(26)14-15-25(21)24(27)23(17-8-4-2-5-9-17)18-10-6-3-7-11-18/h2-13,16,22-23,26H,14-15H2,1H3. The number of rotatable bonds is 4. The molecule has 1 atom stereocenters. The zero-order valence-corrected chi connectivity index (χ0v) is 15.8. The predicted molar refractivity (Wildman–Crippen MR) is 110 cm³/mol. The lowest BCUT2D eigenvalue weighted by atomic mass is 9.88. The number of hydrogen-bond donors (Lipinski definition) is 1. The number of carbonyl (C=O) groups is 1. The van der Waals surface area contributed by atoms with Gasteiger partial charge in [-0.2, -0.15) is 0 Å². The summed E-state index contributed by atoms with van der Waals surface area (Å²) in [5.41, 5.74) is 3.40. The quantitative estimate of drug-likeness (QED) is 0.742. The molecule has 4 nitrogen and oxygen atoms in total.